The van der Waals surface area contributed by atoms with Crippen molar-refractivity contribution in [1.29, 1.82) is 0 Å². The van der Waals surface area contributed by atoms with Gasteiger partial charge in [-0.05, 0) is 44.2 Å². The minimum atomic E-state index is -0.324. The third-order valence-electron chi connectivity index (χ3n) is 3.86. The van der Waals surface area contributed by atoms with Crippen molar-refractivity contribution in [2.45, 2.75) is 33.7 Å². The van der Waals surface area contributed by atoms with Gasteiger partial charge in [0.05, 0.1) is 5.69 Å². The Hall–Kier alpha value is -3.16. The monoisotopic (exact) mass is 357 g/mol. The van der Waals surface area contributed by atoms with E-state index in [2.05, 4.69) is 15.5 Å². The standard InChI is InChI=1S/C18H20FN5O2/c1-3-23-11-14(13(2)21-23)10-20-18(25)17-8-9-24(22-17)12-26-16-6-4-15(19)5-7-16/h4-9,11H,3,10,12H2,1-2H3,(H,20,25). The summed E-state index contributed by atoms with van der Waals surface area (Å²) in [6.45, 7) is 5.22. The lowest BCUT2D eigenvalue weighted by Crippen LogP contribution is -2.23. The second kappa shape index (κ2) is 7.81. The van der Waals surface area contributed by atoms with E-state index in [9.17, 15) is 9.18 Å². The van der Waals surface area contributed by atoms with E-state index in [0.29, 0.717) is 18.0 Å². The number of benzene rings is 1. The van der Waals surface area contributed by atoms with Gasteiger partial charge in [0.2, 0.25) is 0 Å². The van der Waals surface area contributed by atoms with Crippen molar-refractivity contribution in [3.8, 4) is 5.75 Å². The number of carbonyl (C=O) groups is 1. The first-order valence-electron chi connectivity index (χ1n) is 8.28. The smallest absolute Gasteiger partial charge is 0.272 e. The van der Waals surface area contributed by atoms with Crippen LogP contribution in [0, 0.1) is 12.7 Å². The molecule has 1 N–H and O–H groups in total. The highest BCUT2D eigenvalue weighted by Gasteiger charge is 2.11. The summed E-state index contributed by atoms with van der Waals surface area (Å²) in [5.74, 6) is -0.0689. The molecule has 7 nitrogen and oxygen atoms in total. The van der Waals surface area contributed by atoms with E-state index >= 15 is 0 Å². The van der Waals surface area contributed by atoms with Crippen molar-refractivity contribution >= 4 is 5.91 Å². The zero-order valence-corrected chi connectivity index (χ0v) is 14.6. The SMILES string of the molecule is CCn1cc(CNC(=O)c2ccn(COc3ccc(F)cc3)n2)c(C)n1. The Morgan fingerprint density at radius 2 is 1.96 bits per heavy atom. The largest absolute Gasteiger partial charge is 0.471 e. The Morgan fingerprint density at radius 1 is 1.19 bits per heavy atom. The Morgan fingerprint density at radius 3 is 2.65 bits per heavy atom. The second-order valence-electron chi connectivity index (χ2n) is 5.75. The van der Waals surface area contributed by atoms with E-state index in [1.54, 1.807) is 12.3 Å². The highest BCUT2D eigenvalue weighted by atomic mass is 19.1. The highest BCUT2D eigenvalue weighted by molar-refractivity contribution is 5.92. The molecule has 0 unspecified atom stereocenters. The zero-order valence-electron chi connectivity index (χ0n) is 14.6. The average Bonchev–Trinajstić information content (AvgIpc) is 3.26. The fourth-order valence-corrected chi connectivity index (χ4v) is 2.39. The molecular weight excluding hydrogens is 337 g/mol. The van der Waals surface area contributed by atoms with Crippen LogP contribution in [0.3, 0.4) is 0 Å². The van der Waals surface area contributed by atoms with E-state index in [1.807, 2.05) is 24.7 Å². The van der Waals surface area contributed by atoms with Gasteiger partial charge in [0.15, 0.2) is 6.73 Å². The van der Waals surface area contributed by atoms with Crippen LogP contribution in [-0.2, 0) is 19.8 Å². The molecule has 0 radical (unpaired) electrons. The minimum absolute atomic E-state index is 0.126. The molecule has 1 aromatic carbocycles. The summed E-state index contributed by atoms with van der Waals surface area (Å²) in [7, 11) is 0. The predicted octanol–water partition coefficient (Wildman–Crippen LogP) is 2.51. The van der Waals surface area contributed by atoms with E-state index < -0.39 is 0 Å². The predicted molar refractivity (Wildman–Crippen MR) is 93.1 cm³/mol. The van der Waals surface area contributed by atoms with Crippen LogP contribution < -0.4 is 10.1 Å². The van der Waals surface area contributed by atoms with Crippen molar-refractivity contribution < 1.29 is 13.9 Å². The summed E-state index contributed by atoms with van der Waals surface area (Å²) in [6.07, 6.45) is 3.57. The molecule has 3 rings (SSSR count). The van der Waals surface area contributed by atoms with Crippen molar-refractivity contribution in [2.75, 3.05) is 0 Å². The molecule has 2 heterocycles. The van der Waals surface area contributed by atoms with Gasteiger partial charge < -0.3 is 10.1 Å². The number of nitrogens with zero attached hydrogens (tertiary/aromatic N) is 4. The first-order valence-corrected chi connectivity index (χ1v) is 8.28. The summed E-state index contributed by atoms with van der Waals surface area (Å²) in [4.78, 5) is 12.2. The summed E-state index contributed by atoms with van der Waals surface area (Å²) in [5, 5.41) is 11.4. The van der Waals surface area contributed by atoms with Crippen LogP contribution in [0.25, 0.3) is 0 Å². The van der Waals surface area contributed by atoms with Gasteiger partial charge in [0.1, 0.15) is 17.3 Å². The number of halogens is 1. The van der Waals surface area contributed by atoms with Gasteiger partial charge in [-0.1, -0.05) is 0 Å². The number of amides is 1. The molecule has 3 aromatic rings. The van der Waals surface area contributed by atoms with Crippen LogP contribution in [0.2, 0.25) is 0 Å². The first-order chi connectivity index (χ1) is 12.5. The number of nitrogens with one attached hydrogen (secondary N) is 1. The summed E-state index contributed by atoms with van der Waals surface area (Å²) in [6, 6.07) is 7.32. The Bertz CT molecular complexity index is 885. The molecule has 0 fully saturated rings. The number of ether oxygens (including phenoxy) is 1. The van der Waals surface area contributed by atoms with Crippen molar-refractivity contribution in [3.05, 3.63) is 65.5 Å². The van der Waals surface area contributed by atoms with Crippen LogP contribution in [-0.4, -0.2) is 25.5 Å². The van der Waals surface area contributed by atoms with Gasteiger partial charge in [-0.2, -0.15) is 10.2 Å². The van der Waals surface area contributed by atoms with Crippen LogP contribution >= 0.6 is 0 Å². The molecule has 2 aromatic heterocycles. The van der Waals surface area contributed by atoms with Crippen LogP contribution in [0.15, 0.2) is 42.7 Å². The van der Waals surface area contributed by atoms with E-state index in [-0.39, 0.29) is 18.5 Å². The molecular formula is C18H20FN5O2. The quantitative estimate of drug-likeness (QED) is 0.705. The summed E-state index contributed by atoms with van der Waals surface area (Å²) >= 11 is 0. The topological polar surface area (TPSA) is 74.0 Å². The maximum absolute atomic E-state index is 12.9. The molecule has 0 aliphatic heterocycles. The molecule has 0 aliphatic rings. The third kappa shape index (κ3) is 4.27. The summed E-state index contributed by atoms with van der Waals surface area (Å²) < 4.78 is 21.7. The Balaban J connectivity index is 1.53. The van der Waals surface area contributed by atoms with Gasteiger partial charge in [-0.15, -0.1) is 0 Å². The molecule has 26 heavy (non-hydrogen) atoms. The fraction of sp³-hybridized carbons (Fsp3) is 0.278. The lowest BCUT2D eigenvalue weighted by atomic mass is 10.2. The maximum Gasteiger partial charge on any atom is 0.272 e. The third-order valence-corrected chi connectivity index (χ3v) is 3.86. The molecule has 8 heteroatoms. The van der Waals surface area contributed by atoms with E-state index in [4.69, 9.17) is 4.74 Å². The zero-order chi connectivity index (χ0) is 18.5. The molecule has 0 atom stereocenters. The number of hydrogen-bond donors (Lipinski definition) is 1. The molecule has 0 aliphatic carbocycles. The number of aryl methyl sites for hydroxylation is 2. The van der Waals surface area contributed by atoms with Crippen molar-refractivity contribution in [3.63, 3.8) is 0 Å². The Kier molecular flexibility index (Phi) is 5.31. The average molecular weight is 357 g/mol. The van der Waals surface area contributed by atoms with Crippen LogP contribution in [0.4, 0.5) is 4.39 Å². The molecule has 1 amide bonds. The van der Waals surface area contributed by atoms with Gasteiger partial charge in [-0.25, -0.2) is 9.07 Å². The second-order valence-corrected chi connectivity index (χ2v) is 5.75. The van der Waals surface area contributed by atoms with Crippen LogP contribution in [0.1, 0.15) is 28.7 Å². The van der Waals surface area contributed by atoms with Gasteiger partial charge >= 0.3 is 0 Å². The number of hydrogen-bond acceptors (Lipinski definition) is 4. The van der Waals surface area contributed by atoms with Gasteiger partial charge in [0, 0.05) is 31.0 Å². The minimum Gasteiger partial charge on any atom is -0.471 e. The van der Waals surface area contributed by atoms with Crippen LogP contribution in [0.5, 0.6) is 5.75 Å². The lowest BCUT2D eigenvalue weighted by molar-refractivity contribution is 0.0944. The van der Waals surface area contributed by atoms with E-state index in [1.165, 1.54) is 28.9 Å². The lowest BCUT2D eigenvalue weighted by Gasteiger charge is -2.06. The molecule has 0 bridgehead atoms. The highest BCUT2D eigenvalue weighted by Crippen LogP contribution is 2.11. The normalized spacial score (nSPS) is 10.7. The maximum atomic E-state index is 12.9. The molecule has 136 valence electrons. The van der Waals surface area contributed by atoms with Crippen molar-refractivity contribution in [1.82, 2.24) is 24.9 Å². The number of carbonyl (C=O) groups excluding carboxylic acids is 1. The number of rotatable bonds is 7. The molecule has 0 saturated carbocycles. The summed E-state index contributed by atoms with van der Waals surface area (Å²) in [5.41, 5.74) is 2.16. The van der Waals surface area contributed by atoms with E-state index in [0.717, 1.165) is 17.8 Å². The molecule has 0 spiro atoms. The van der Waals surface area contributed by atoms with Gasteiger partial charge in [0.25, 0.3) is 5.91 Å². The Labute approximate surface area is 150 Å². The van der Waals surface area contributed by atoms with Gasteiger partial charge in [-0.3, -0.25) is 9.48 Å². The molecule has 0 saturated heterocycles. The van der Waals surface area contributed by atoms with Crippen molar-refractivity contribution in [2.24, 2.45) is 0 Å². The number of aromatic nitrogens is 4. The first kappa shape index (κ1) is 17.7. The fourth-order valence-electron chi connectivity index (χ4n) is 2.39.